The molecule has 8 nitrogen and oxygen atoms in total. The van der Waals surface area contributed by atoms with Crippen LogP contribution in [-0.4, -0.2) is 49.3 Å². The first kappa shape index (κ1) is 20.5. The highest BCUT2D eigenvalue weighted by atomic mass is 16.3. The minimum Gasteiger partial charge on any atom is -0.507 e. The van der Waals surface area contributed by atoms with Crippen molar-refractivity contribution in [3.63, 3.8) is 0 Å². The number of phenolic OH excluding ortho intramolecular Hbond substituents is 1. The number of hydrogen-bond donors (Lipinski definition) is 2. The molecule has 2 N–H and O–H groups in total. The molecule has 2 aliphatic rings. The van der Waals surface area contributed by atoms with Gasteiger partial charge in [-0.15, -0.1) is 10.2 Å². The highest BCUT2D eigenvalue weighted by Gasteiger charge is 2.49. The van der Waals surface area contributed by atoms with E-state index in [2.05, 4.69) is 46.4 Å². The number of aromatic hydroxyl groups is 1. The summed E-state index contributed by atoms with van der Waals surface area (Å²) in [5.74, 6) is 0.923. The average molecular weight is 430 g/mol. The number of rotatable bonds is 4. The van der Waals surface area contributed by atoms with Crippen LogP contribution in [0.5, 0.6) is 5.75 Å². The fraction of sp³-hybridized carbons (Fsp3) is 0.417. The van der Waals surface area contributed by atoms with Crippen molar-refractivity contribution in [2.45, 2.75) is 56.7 Å². The minimum absolute atomic E-state index is 0.0858. The zero-order valence-corrected chi connectivity index (χ0v) is 18.6. The van der Waals surface area contributed by atoms with Gasteiger partial charge in [-0.2, -0.15) is 10.4 Å². The lowest BCUT2D eigenvalue weighted by atomic mass is 9.84. The number of nitriles is 1. The van der Waals surface area contributed by atoms with Gasteiger partial charge in [-0.05, 0) is 63.8 Å². The standard InChI is InChI=1S/C24H27N7O/c1-23-8-9-24(2,29-23)12-18(11-23)30(3)22-7-6-20(27-28-22)19-5-4-17(10-21(19)32)31-15-16(13-25)14-26-31/h4-7,10,14-15,18,29,32H,8-9,11-12H2,1-3H3/t18?,23-,24+. The monoisotopic (exact) mass is 429 g/mol. The maximum atomic E-state index is 10.6. The molecule has 2 saturated heterocycles. The van der Waals surface area contributed by atoms with Gasteiger partial charge in [-0.3, -0.25) is 0 Å². The van der Waals surface area contributed by atoms with E-state index in [0.717, 1.165) is 18.7 Å². The van der Waals surface area contributed by atoms with Crippen molar-refractivity contribution in [1.29, 1.82) is 5.26 Å². The normalized spacial score (nSPS) is 26.6. The molecule has 0 radical (unpaired) electrons. The Morgan fingerprint density at radius 1 is 1.16 bits per heavy atom. The summed E-state index contributed by atoms with van der Waals surface area (Å²) in [5, 5.41) is 36.4. The number of nitrogens with one attached hydrogen (secondary N) is 1. The van der Waals surface area contributed by atoms with Crippen LogP contribution in [-0.2, 0) is 0 Å². The lowest BCUT2D eigenvalue weighted by molar-refractivity contribution is 0.207. The molecule has 1 aromatic carbocycles. The molecule has 4 heterocycles. The second-order valence-corrected chi connectivity index (χ2v) is 9.68. The largest absolute Gasteiger partial charge is 0.507 e. The summed E-state index contributed by atoms with van der Waals surface area (Å²) in [6.45, 7) is 4.65. The Labute approximate surface area is 187 Å². The summed E-state index contributed by atoms with van der Waals surface area (Å²) in [5.41, 5.74) is 2.71. The number of aromatic nitrogens is 4. The molecule has 0 saturated carbocycles. The molecule has 0 amide bonds. The molecular formula is C24H27N7O. The smallest absolute Gasteiger partial charge is 0.151 e. The first-order valence-electron chi connectivity index (χ1n) is 10.9. The van der Waals surface area contributed by atoms with Crippen LogP contribution in [0, 0.1) is 11.3 Å². The molecule has 8 heteroatoms. The molecule has 32 heavy (non-hydrogen) atoms. The van der Waals surface area contributed by atoms with Crippen LogP contribution in [0.2, 0.25) is 0 Å². The van der Waals surface area contributed by atoms with Gasteiger partial charge in [0.05, 0.1) is 23.1 Å². The van der Waals surface area contributed by atoms with E-state index in [9.17, 15) is 5.11 Å². The molecule has 164 valence electrons. The van der Waals surface area contributed by atoms with E-state index < -0.39 is 0 Å². The first-order valence-corrected chi connectivity index (χ1v) is 10.9. The zero-order valence-electron chi connectivity index (χ0n) is 18.6. The third kappa shape index (κ3) is 3.59. The number of anilines is 1. The third-order valence-electron chi connectivity index (χ3n) is 7.00. The van der Waals surface area contributed by atoms with Gasteiger partial charge >= 0.3 is 0 Å². The van der Waals surface area contributed by atoms with Crippen LogP contribution in [0.4, 0.5) is 5.82 Å². The summed E-state index contributed by atoms with van der Waals surface area (Å²) in [7, 11) is 2.09. The summed E-state index contributed by atoms with van der Waals surface area (Å²) < 4.78 is 1.55. The summed E-state index contributed by atoms with van der Waals surface area (Å²) in [6.07, 6.45) is 7.71. The molecule has 2 bridgehead atoms. The fourth-order valence-electron chi connectivity index (χ4n) is 5.34. The quantitative estimate of drug-likeness (QED) is 0.655. The van der Waals surface area contributed by atoms with Gasteiger partial charge in [-0.25, -0.2) is 4.68 Å². The van der Waals surface area contributed by atoms with E-state index in [1.807, 2.05) is 24.3 Å². The lowest BCUT2D eigenvalue weighted by Gasteiger charge is -2.45. The summed E-state index contributed by atoms with van der Waals surface area (Å²) >= 11 is 0. The third-order valence-corrected chi connectivity index (χ3v) is 7.00. The van der Waals surface area contributed by atoms with Crippen molar-refractivity contribution in [2.24, 2.45) is 0 Å². The Hall–Kier alpha value is -3.44. The Kier molecular flexibility index (Phi) is 4.68. The van der Waals surface area contributed by atoms with Crippen LogP contribution in [0.1, 0.15) is 45.1 Å². The van der Waals surface area contributed by atoms with E-state index in [0.29, 0.717) is 28.6 Å². The Balaban J connectivity index is 1.35. The molecule has 1 unspecified atom stereocenters. The Morgan fingerprint density at radius 3 is 2.50 bits per heavy atom. The molecule has 2 aliphatic heterocycles. The highest BCUT2D eigenvalue weighted by Crippen LogP contribution is 2.43. The summed E-state index contributed by atoms with van der Waals surface area (Å²) in [6, 6.07) is 11.6. The first-order chi connectivity index (χ1) is 15.3. The SMILES string of the molecule is CN(c1ccc(-c2ccc(-n3cc(C#N)cn3)cc2O)nn1)C1C[C@]2(C)CC[C@](C)(C1)N2. The fourth-order valence-corrected chi connectivity index (χ4v) is 5.34. The van der Waals surface area contributed by atoms with Gasteiger partial charge in [0.1, 0.15) is 11.8 Å². The van der Waals surface area contributed by atoms with Gasteiger partial charge in [-0.1, -0.05) is 0 Å². The maximum Gasteiger partial charge on any atom is 0.151 e. The minimum atomic E-state index is 0.0858. The predicted molar refractivity (Wildman–Crippen MR) is 122 cm³/mol. The molecule has 3 aromatic rings. The Bertz CT molecular complexity index is 1180. The van der Waals surface area contributed by atoms with Crippen LogP contribution < -0.4 is 10.2 Å². The number of benzene rings is 1. The van der Waals surface area contributed by atoms with Gasteiger partial charge in [0.25, 0.3) is 0 Å². The maximum absolute atomic E-state index is 10.6. The molecule has 2 aromatic heterocycles. The van der Waals surface area contributed by atoms with Gasteiger partial charge in [0, 0.05) is 42.0 Å². The average Bonchev–Trinajstić information content (AvgIpc) is 3.34. The number of piperidine rings is 1. The van der Waals surface area contributed by atoms with Crippen molar-refractivity contribution >= 4 is 5.82 Å². The van der Waals surface area contributed by atoms with Gasteiger partial charge < -0.3 is 15.3 Å². The van der Waals surface area contributed by atoms with E-state index >= 15 is 0 Å². The second kappa shape index (κ2) is 7.31. The van der Waals surface area contributed by atoms with Crippen molar-refractivity contribution < 1.29 is 5.11 Å². The molecule has 0 spiro atoms. The van der Waals surface area contributed by atoms with Crippen molar-refractivity contribution in [3.05, 3.63) is 48.3 Å². The van der Waals surface area contributed by atoms with E-state index in [1.54, 1.807) is 23.0 Å². The van der Waals surface area contributed by atoms with Gasteiger partial charge in [0.2, 0.25) is 0 Å². The van der Waals surface area contributed by atoms with Crippen molar-refractivity contribution in [2.75, 3.05) is 11.9 Å². The summed E-state index contributed by atoms with van der Waals surface area (Å²) in [4.78, 5) is 2.24. The molecule has 3 atom stereocenters. The molecule has 5 rings (SSSR count). The second-order valence-electron chi connectivity index (χ2n) is 9.68. The van der Waals surface area contributed by atoms with Crippen molar-refractivity contribution in [1.82, 2.24) is 25.3 Å². The Morgan fingerprint density at radius 2 is 1.91 bits per heavy atom. The van der Waals surface area contributed by atoms with Crippen LogP contribution in [0.3, 0.4) is 0 Å². The number of hydrogen-bond acceptors (Lipinski definition) is 7. The zero-order chi connectivity index (χ0) is 22.5. The molecular weight excluding hydrogens is 402 g/mol. The number of phenols is 1. The van der Waals surface area contributed by atoms with Gasteiger partial charge in [0.15, 0.2) is 5.82 Å². The topological polar surface area (TPSA) is 103 Å². The van der Waals surface area contributed by atoms with E-state index in [-0.39, 0.29) is 16.8 Å². The van der Waals surface area contributed by atoms with E-state index in [4.69, 9.17) is 5.26 Å². The molecule has 2 fully saturated rings. The van der Waals surface area contributed by atoms with Crippen LogP contribution in [0.15, 0.2) is 42.7 Å². The van der Waals surface area contributed by atoms with Crippen LogP contribution in [0.25, 0.3) is 16.9 Å². The number of nitrogens with zero attached hydrogens (tertiary/aromatic N) is 6. The van der Waals surface area contributed by atoms with E-state index in [1.165, 1.54) is 19.0 Å². The number of fused-ring (bicyclic) bond motifs is 2. The van der Waals surface area contributed by atoms with Crippen molar-refractivity contribution in [3.8, 4) is 28.8 Å². The molecule has 0 aliphatic carbocycles. The lowest BCUT2D eigenvalue weighted by Crippen LogP contribution is -2.58. The predicted octanol–water partition coefficient (Wildman–Crippen LogP) is 3.41. The van der Waals surface area contributed by atoms with Crippen LogP contribution >= 0.6 is 0 Å². The highest BCUT2D eigenvalue weighted by molar-refractivity contribution is 5.69.